The zero-order chi connectivity index (χ0) is 18.6. The van der Waals surface area contributed by atoms with Crippen LogP contribution in [0.15, 0.2) is 29.6 Å². The molecule has 0 bridgehead atoms. The molecule has 3 aromatic rings. The number of aromatic nitrogens is 3. The smallest absolute Gasteiger partial charge is 0.222 e. The Morgan fingerprint density at radius 1 is 1.41 bits per heavy atom. The van der Waals surface area contributed by atoms with Crippen LogP contribution < -0.4 is 0 Å². The summed E-state index contributed by atoms with van der Waals surface area (Å²) < 4.78 is 6.99. The molecule has 1 aromatic carbocycles. The number of H-pyrrole nitrogens is 1. The second kappa shape index (κ2) is 8.16. The number of nitrogens with zero attached hydrogens (tertiary/aromatic N) is 3. The molecule has 142 valence electrons. The first-order valence-electron chi connectivity index (χ1n) is 9.11. The Labute approximate surface area is 161 Å². The van der Waals surface area contributed by atoms with Crippen molar-refractivity contribution in [2.45, 2.75) is 32.0 Å². The van der Waals surface area contributed by atoms with Gasteiger partial charge in [0.1, 0.15) is 18.5 Å². The highest BCUT2D eigenvalue weighted by atomic mass is 32.1. The van der Waals surface area contributed by atoms with Gasteiger partial charge in [-0.1, -0.05) is 18.2 Å². The van der Waals surface area contributed by atoms with E-state index in [1.807, 2.05) is 4.90 Å². The molecule has 1 unspecified atom stereocenters. The molecular formula is C19H22N4O3S. The number of carbonyl (C=O) groups excluding carboxylic acids is 1. The van der Waals surface area contributed by atoms with Gasteiger partial charge in [0.2, 0.25) is 5.91 Å². The van der Waals surface area contributed by atoms with Crippen molar-refractivity contribution < 1.29 is 14.6 Å². The third kappa shape index (κ3) is 4.02. The summed E-state index contributed by atoms with van der Waals surface area (Å²) in [7, 11) is 0. The van der Waals surface area contributed by atoms with E-state index in [9.17, 15) is 4.79 Å². The highest BCUT2D eigenvalue weighted by Gasteiger charge is 2.27. The van der Waals surface area contributed by atoms with Crippen molar-refractivity contribution in [1.82, 2.24) is 20.1 Å². The van der Waals surface area contributed by atoms with Crippen molar-refractivity contribution in [2.75, 3.05) is 19.7 Å². The minimum Gasteiger partial charge on any atom is -0.388 e. The molecule has 2 aromatic heterocycles. The topological polar surface area (TPSA) is 91.3 Å². The van der Waals surface area contributed by atoms with Gasteiger partial charge in [0, 0.05) is 17.7 Å². The van der Waals surface area contributed by atoms with Crippen molar-refractivity contribution >= 4 is 27.3 Å². The number of thiophene rings is 1. The lowest BCUT2D eigenvalue weighted by molar-refractivity contribution is -0.139. The van der Waals surface area contributed by atoms with Gasteiger partial charge in [-0.15, -0.1) is 11.3 Å². The number of hydrogen-bond donors (Lipinski definition) is 2. The average Bonchev–Trinajstić information content (AvgIpc) is 3.35. The van der Waals surface area contributed by atoms with E-state index in [2.05, 4.69) is 44.8 Å². The first-order chi connectivity index (χ1) is 13.2. The van der Waals surface area contributed by atoms with Crippen LogP contribution in [0.3, 0.4) is 0 Å². The Hall–Kier alpha value is -2.29. The third-order valence-corrected chi connectivity index (χ3v) is 5.82. The fourth-order valence-corrected chi connectivity index (χ4v) is 4.37. The molecule has 2 N–H and O–H groups in total. The van der Waals surface area contributed by atoms with Gasteiger partial charge < -0.3 is 14.7 Å². The van der Waals surface area contributed by atoms with Crippen LogP contribution in [0.5, 0.6) is 0 Å². The molecule has 4 rings (SSSR count). The van der Waals surface area contributed by atoms with E-state index >= 15 is 0 Å². The maximum absolute atomic E-state index is 12.6. The van der Waals surface area contributed by atoms with E-state index in [0.717, 1.165) is 12.8 Å². The fraction of sp³-hybridized carbons (Fsp3) is 0.421. The Kier molecular flexibility index (Phi) is 5.47. The molecule has 0 saturated carbocycles. The number of rotatable bonds is 6. The van der Waals surface area contributed by atoms with Crippen molar-refractivity contribution in [2.24, 2.45) is 0 Å². The molecule has 8 heteroatoms. The van der Waals surface area contributed by atoms with E-state index in [0.29, 0.717) is 37.8 Å². The van der Waals surface area contributed by atoms with E-state index in [1.165, 1.54) is 15.6 Å². The van der Waals surface area contributed by atoms with E-state index < -0.39 is 0 Å². The molecule has 0 radical (unpaired) electrons. The van der Waals surface area contributed by atoms with Gasteiger partial charge in [0.05, 0.1) is 13.2 Å². The number of nitrogens with one attached hydrogen (secondary N) is 1. The molecule has 0 aliphatic carbocycles. The molecule has 1 saturated heterocycles. The number of morpholine rings is 1. The molecule has 1 atom stereocenters. The molecule has 3 heterocycles. The number of fused-ring (bicyclic) bond motifs is 1. The minimum atomic E-state index is -0.347. The number of aliphatic hydroxyl groups excluding tert-OH is 1. The van der Waals surface area contributed by atoms with Crippen LogP contribution in [0.4, 0.5) is 0 Å². The molecular weight excluding hydrogens is 364 g/mol. The average molecular weight is 386 g/mol. The van der Waals surface area contributed by atoms with Gasteiger partial charge in [-0.25, -0.2) is 4.98 Å². The molecule has 1 amide bonds. The second-order valence-corrected chi connectivity index (χ2v) is 7.52. The number of aromatic amines is 1. The SMILES string of the molecule is O=C(CCCc1csc2ccccc12)N1CCOC(c2n[nH]c(CO)n2)C1. The number of benzene rings is 1. The predicted molar refractivity (Wildman–Crippen MR) is 102 cm³/mol. The van der Waals surface area contributed by atoms with Crippen LogP contribution in [0.2, 0.25) is 0 Å². The lowest BCUT2D eigenvalue weighted by atomic mass is 10.1. The first-order valence-corrected chi connectivity index (χ1v) is 9.99. The summed E-state index contributed by atoms with van der Waals surface area (Å²) >= 11 is 1.76. The third-order valence-electron chi connectivity index (χ3n) is 4.80. The van der Waals surface area contributed by atoms with Crippen LogP contribution in [0.1, 0.15) is 36.2 Å². The van der Waals surface area contributed by atoms with Crippen LogP contribution in [-0.4, -0.2) is 50.8 Å². The van der Waals surface area contributed by atoms with Gasteiger partial charge in [-0.3, -0.25) is 9.89 Å². The molecule has 1 aliphatic rings. The normalized spacial score (nSPS) is 17.5. The van der Waals surface area contributed by atoms with E-state index in [-0.39, 0.29) is 18.6 Å². The summed E-state index contributed by atoms with van der Waals surface area (Å²) in [5, 5.41) is 19.3. The predicted octanol–water partition coefficient (Wildman–Crippen LogP) is 2.43. The van der Waals surface area contributed by atoms with Crippen molar-refractivity contribution in [1.29, 1.82) is 0 Å². The van der Waals surface area contributed by atoms with Gasteiger partial charge in [-0.05, 0) is 35.2 Å². The summed E-state index contributed by atoms with van der Waals surface area (Å²) in [5.74, 6) is 1.03. The maximum atomic E-state index is 12.6. The summed E-state index contributed by atoms with van der Waals surface area (Å²) in [6.45, 7) is 1.31. The van der Waals surface area contributed by atoms with Gasteiger partial charge >= 0.3 is 0 Å². The number of aliphatic hydroxyl groups is 1. The zero-order valence-electron chi connectivity index (χ0n) is 14.9. The zero-order valence-corrected chi connectivity index (χ0v) is 15.7. The highest BCUT2D eigenvalue weighted by Crippen LogP contribution is 2.27. The Bertz CT molecular complexity index is 922. The minimum absolute atomic E-state index is 0.140. The van der Waals surface area contributed by atoms with Gasteiger partial charge in [0.15, 0.2) is 5.82 Å². The van der Waals surface area contributed by atoms with Crippen LogP contribution >= 0.6 is 11.3 Å². The largest absolute Gasteiger partial charge is 0.388 e. The first kappa shape index (κ1) is 18.1. The molecule has 7 nitrogen and oxygen atoms in total. The quantitative estimate of drug-likeness (QED) is 0.679. The molecule has 1 aliphatic heterocycles. The summed E-state index contributed by atoms with van der Waals surface area (Å²) in [4.78, 5) is 18.6. The summed E-state index contributed by atoms with van der Waals surface area (Å²) in [6.07, 6.45) is 1.91. The number of hydrogen-bond acceptors (Lipinski definition) is 6. The van der Waals surface area contributed by atoms with E-state index in [4.69, 9.17) is 9.84 Å². The summed E-state index contributed by atoms with van der Waals surface area (Å²) in [5.41, 5.74) is 1.32. The number of carbonyl (C=O) groups is 1. The van der Waals surface area contributed by atoms with Crippen LogP contribution in [-0.2, 0) is 22.6 Å². The van der Waals surface area contributed by atoms with Gasteiger partial charge in [0.25, 0.3) is 0 Å². The van der Waals surface area contributed by atoms with Crippen molar-refractivity contribution in [3.63, 3.8) is 0 Å². The summed E-state index contributed by atoms with van der Waals surface area (Å²) in [6, 6.07) is 8.39. The van der Waals surface area contributed by atoms with Crippen LogP contribution in [0, 0.1) is 0 Å². The monoisotopic (exact) mass is 386 g/mol. The number of amides is 1. The lowest BCUT2D eigenvalue weighted by Gasteiger charge is -2.31. The molecule has 27 heavy (non-hydrogen) atoms. The van der Waals surface area contributed by atoms with Gasteiger partial charge in [-0.2, -0.15) is 5.10 Å². The highest BCUT2D eigenvalue weighted by molar-refractivity contribution is 7.17. The Morgan fingerprint density at radius 2 is 2.30 bits per heavy atom. The van der Waals surface area contributed by atoms with E-state index in [1.54, 1.807) is 11.3 Å². The molecule has 1 fully saturated rings. The lowest BCUT2D eigenvalue weighted by Crippen LogP contribution is -2.42. The maximum Gasteiger partial charge on any atom is 0.222 e. The Balaban J connectivity index is 1.31. The Morgan fingerprint density at radius 3 is 3.15 bits per heavy atom. The molecule has 0 spiro atoms. The number of aryl methyl sites for hydroxylation is 1. The number of ether oxygens (including phenoxy) is 1. The van der Waals surface area contributed by atoms with Crippen molar-refractivity contribution in [3.05, 3.63) is 46.9 Å². The van der Waals surface area contributed by atoms with Crippen LogP contribution in [0.25, 0.3) is 10.1 Å². The standard InChI is InChI=1S/C19H22N4O3S/c24-11-17-20-19(22-21-17)15-10-23(8-9-26-15)18(25)7-3-4-13-12-27-16-6-2-1-5-14(13)16/h1-2,5-6,12,15,24H,3-4,7-11H2,(H,20,21,22). The fourth-order valence-electron chi connectivity index (χ4n) is 3.37. The van der Waals surface area contributed by atoms with Crippen molar-refractivity contribution in [3.8, 4) is 0 Å². The second-order valence-electron chi connectivity index (χ2n) is 6.61.